The molecule has 10 heteroatoms. The van der Waals surface area contributed by atoms with Crippen LogP contribution in [0.3, 0.4) is 0 Å². The summed E-state index contributed by atoms with van der Waals surface area (Å²) in [7, 11) is 2.89. The lowest BCUT2D eigenvalue weighted by Crippen LogP contribution is -2.29. The molecule has 0 spiro atoms. The second kappa shape index (κ2) is 39.3. The minimum Gasteiger partial charge on any atom is -0.481 e. The molecule has 10 nitrogen and oxygen atoms in total. The van der Waals surface area contributed by atoms with Gasteiger partial charge in [0.15, 0.2) is 0 Å². The first kappa shape index (κ1) is 55.9. The van der Waals surface area contributed by atoms with E-state index in [9.17, 15) is 24.0 Å². The van der Waals surface area contributed by atoms with Crippen LogP contribution >= 0.6 is 0 Å². The number of esters is 2. The Hall–Kier alpha value is -2.87. The molecule has 0 unspecified atom stereocenters. The van der Waals surface area contributed by atoms with Crippen LogP contribution in [0.15, 0.2) is 0 Å². The van der Waals surface area contributed by atoms with Gasteiger partial charge in [0.1, 0.15) is 11.6 Å². The number of aliphatic carboxylic acids is 1. The second-order valence-corrected chi connectivity index (χ2v) is 12.9. The number of hydrogen-bond donors (Lipinski definition) is 1. The van der Waals surface area contributed by atoms with E-state index in [0.717, 1.165) is 38.5 Å². The first-order valence-electron chi connectivity index (χ1n) is 20.4. The Balaban J connectivity index is -0.000000300. The number of hydrogen-bond acceptors (Lipinski definition) is 9. The summed E-state index contributed by atoms with van der Waals surface area (Å²) in [4.78, 5) is 73.0. The molecule has 3 atom stereocenters. The summed E-state index contributed by atoms with van der Waals surface area (Å²) in [5.41, 5.74) is 0. The molecular formula is C42H78O10. The summed E-state index contributed by atoms with van der Waals surface area (Å²) in [5.74, 6) is -0.145. The molecule has 306 valence electrons. The number of carboxylic acid groups (broad SMARTS) is 1. The van der Waals surface area contributed by atoms with Gasteiger partial charge < -0.3 is 14.6 Å². The zero-order chi connectivity index (χ0) is 40.9. The van der Waals surface area contributed by atoms with E-state index in [1.807, 2.05) is 55.4 Å². The van der Waals surface area contributed by atoms with Crippen LogP contribution in [0.2, 0.25) is 0 Å². The fraction of sp³-hybridized carbons (Fsp3) is 0.857. The highest BCUT2D eigenvalue weighted by Crippen LogP contribution is 2.34. The van der Waals surface area contributed by atoms with Gasteiger partial charge in [0.05, 0.1) is 32.0 Å². The van der Waals surface area contributed by atoms with Crippen molar-refractivity contribution in [2.45, 2.75) is 184 Å². The average Bonchev–Trinajstić information content (AvgIpc) is 3.21. The van der Waals surface area contributed by atoms with Crippen LogP contribution in [-0.2, 0) is 43.0 Å². The van der Waals surface area contributed by atoms with Crippen LogP contribution in [0, 0.1) is 35.5 Å². The summed E-state index contributed by atoms with van der Waals surface area (Å²) in [5, 5.41) is 9.12. The molecule has 3 fully saturated rings. The second-order valence-electron chi connectivity index (χ2n) is 12.9. The number of methoxy groups -OCH3 is 2. The fourth-order valence-corrected chi connectivity index (χ4v) is 6.91. The molecule has 0 saturated heterocycles. The number of carboxylic acids is 1. The zero-order valence-corrected chi connectivity index (χ0v) is 35.0. The van der Waals surface area contributed by atoms with Crippen LogP contribution in [-0.4, -0.2) is 55.0 Å². The van der Waals surface area contributed by atoms with Gasteiger partial charge in [-0.3, -0.25) is 24.0 Å². The van der Waals surface area contributed by atoms with Crippen molar-refractivity contribution in [3.8, 4) is 0 Å². The lowest BCUT2D eigenvalue weighted by Gasteiger charge is -2.27. The first-order chi connectivity index (χ1) is 25.0. The van der Waals surface area contributed by atoms with Gasteiger partial charge >= 0.3 is 24.1 Å². The molecule has 3 aliphatic rings. The number of ether oxygens (including phenoxy) is 2. The van der Waals surface area contributed by atoms with Gasteiger partial charge in [-0.2, -0.15) is 9.59 Å². The van der Waals surface area contributed by atoms with Gasteiger partial charge in [-0.25, -0.2) is 0 Å². The summed E-state index contributed by atoms with van der Waals surface area (Å²) in [6.07, 6.45) is 19.3. The van der Waals surface area contributed by atoms with Gasteiger partial charge in [0.25, 0.3) is 0 Å². The maximum atomic E-state index is 11.7. The Morgan fingerprint density at radius 1 is 0.558 bits per heavy atom. The number of rotatable bonds is 12. The molecule has 3 aliphatic carbocycles. The van der Waals surface area contributed by atoms with E-state index >= 15 is 0 Å². The van der Waals surface area contributed by atoms with E-state index in [0.29, 0.717) is 31.1 Å². The van der Waals surface area contributed by atoms with Crippen molar-refractivity contribution in [1.29, 1.82) is 0 Å². The van der Waals surface area contributed by atoms with Crippen LogP contribution in [0.1, 0.15) is 184 Å². The number of Topliss-reactive ketones (excluding diaryl/α,β-unsaturated/α-hetero) is 2. The minimum atomic E-state index is -0.788. The molecule has 52 heavy (non-hydrogen) atoms. The third-order valence-electron chi connectivity index (χ3n) is 9.87. The SMILES string of the molecule is CC.CC.CC.CCC(=O)C[C@H](C(=O)O)C1CCCCC1.CCC(=O)C[C@H](C(=O)OC)C1CCCCC1.COC(=O)[C@@H](C)C1CCCCC1.O=C=O. The highest BCUT2D eigenvalue weighted by atomic mass is 16.5. The van der Waals surface area contributed by atoms with Crippen LogP contribution < -0.4 is 0 Å². The molecule has 0 aromatic heterocycles. The lowest BCUT2D eigenvalue weighted by molar-refractivity contribution is -0.191. The number of carbonyl (C=O) groups is 5. The highest BCUT2D eigenvalue weighted by molar-refractivity contribution is 5.84. The van der Waals surface area contributed by atoms with E-state index < -0.39 is 11.9 Å². The molecule has 0 radical (unpaired) electrons. The van der Waals surface area contributed by atoms with Crippen molar-refractivity contribution < 1.29 is 48.1 Å². The third kappa shape index (κ3) is 26.8. The number of ketones is 2. The molecule has 3 saturated carbocycles. The molecule has 0 aliphatic heterocycles. The first-order valence-corrected chi connectivity index (χ1v) is 20.4. The normalized spacial score (nSPS) is 17.1. The molecule has 0 aromatic carbocycles. The Bertz CT molecular complexity index is 923. The number of carbonyl (C=O) groups excluding carboxylic acids is 6. The zero-order valence-electron chi connectivity index (χ0n) is 35.0. The Kier molecular flexibility index (Phi) is 42.3. The van der Waals surface area contributed by atoms with Crippen molar-refractivity contribution in [2.75, 3.05) is 14.2 Å². The summed E-state index contributed by atoms with van der Waals surface area (Å²) in [6.45, 7) is 17.6. The largest absolute Gasteiger partial charge is 0.481 e. The van der Waals surface area contributed by atoms with Gasteiger partial charge in [0.2, 0.25) is 0 Å². The van der Waals surface area contributed by atoms with E-state index in [-0.39, 0.29) is 53.8 Å². The van der Waals surface area contributed by atoms with Crippen LogP contribution in [0.4, 0.5) is 0 Å². The Morgan fingerprint density at radius 2 is 0.846 bits per heavy atom. The Morgan fingerprint density at radius 3 is 1.13 bits per heavy atom. The van der Waals surface area contributed by atoms with Crippen molar-refractivity contribution in [3.63, 3.8) is 0 Å². The van der Waals surface area contributed by atoms with E-state index in [2.05, 4.69) is 0 Å². The van der Waals surface area contributed by atoms with Gasteiger partial charge in [0, 0.05) is 25.7 Å². The molecule has 3 rings (SSSR count). The topological polar surface area (TPSA) is 158 Å². The third-order valence-corrected chi connectivity index (χ3v) is 9.87. The minimum absolute atomic E-state index is 0.0399. The Labute approximate surface area is 317 Å². The molecule has 0 amide bonds. The van der Waals surface area contributed by atoms with E-state index in [4.69, 9.17) is 24.2 Å². The van der Waals surface area contributed by atoms with Crippen LogP contribution in [0.5, 0.6) is 0 Å². The monoisotopic (exact) mass is 743 g/mol. The van der Waals surface area contributed by atoms with Gasteiger partial charge in [-0.1, -0.05) is 120 Å². The van der Waals surface area contributed by atoms with Crippen molar-refractivity contribution in [3.05, 3.63) is 0 Å². The molecular weight excluding hydrogens is 664 g/mol. The van der Waals surface area contributed by atoms with Crippen molar-refractivity contribution in [2.24, 2.45) is 35.5 Å². The maximum absolute atomic E-state index is 11.7. The molecule has 0 heterocycles. The van der Waals surface area contributed by atoms with E-state index in [1.54, 1.807) is 6.92 Å². The van der Waals surface area contributed by atoms with Gasteiger partial charge in [-0.05, 0) is 56.3 Å². The fourth-order valence-electron chi connectivity index (χ4n) is 6.91. The summed E-state index contributed by atoms with van der Waals surface area (Å²) >= 11 is 0. The van der Waals surface area contributed by atoms with Crippen molar-refractivity contribution in [1.82, 2.24) is 0 Å². The molecule has 0 bridgehead atoms. The average molecular weight is 743 g/mol. The smallest absolute Gasteiger partial charge is 0.373 e. The standard InChI is InChI=1S/C13H22O3.C12H20O3.C10H18O2.3C2H6.CO2/c1-3-11(14)9-12(13(15)16-2)10-7-5-4-6-8-10;1-2-10(13)8-11(12(14)15)9-6-4-3-5-7-9;1-8(10(11)12-2)9-6-4-3-5-7-9;3*1-2;2-1-3/h10,12H,3-9H2,1-2H3;9,11H,2-8H2,1H3,(H,14,15);8-9H,3-7H2,1-2H3;3*1-2H3;/t12-;11-;8-;;;;/m000..../s1. The predicted molar refractivity (Wildman–Crippen MR) is 206 cm³/mol. The summed E-state index contributed by atoms with van der Waals surface area (Å²) in [6, 6.07) is 0. The highest BCUT2D eigenvalue weighted by Gasteiger charge is 2.32. The lowest BCUT2D eigenvalue weighted by atomic mass is 9.77. The summed E-state index contributed by atoms with van der Waals surface area (Å²) < 4.78 is 9.55. The maximum Gasteiger partial charge on any atom is 0.373 e. The predicted octanol–water partition coefficient (Wildman–Crippen LogP) is 10.2. The van der Waals surface area contributed by atoms with Crippen LogP contribution in [0.25, 0.3) is 0 Å². The van der Waals surface area contributed by atoms with Crippen molar-refractivity contribution >= 4 is 35.6 Å². The molecule has 1 N–H and O–H groups in total. The van der Waals surface area contributed by atoms with Gasteiger partial charge in [-0.15, -0.1) is 0 Å². The van der Waals surface area contributed by atoms with E-state index in [1.165, 1.54) is 72.0 Å². The quantitative estimate of drug-likeness (QED) is 0.191. The molecule has 0 aromatic rings.